The van der Waals surface area contributed by atoms with Crippen LogP contribution in [0.5, 0.6) is 0 Å². The molecule has 6 nitrogen and oxygen atoms in total. The maximum atomic E-state index is 12.0. The molecule has 1 aromatic rings. The molecule has 0 aliphatic carbocycles. The van der Waals surface area contributed by atoms with Crippen LogP contribution in [0.2, 0.25) is 0 Å². The second-order valence-corrected chi connectivity index (χ2v) is 6.36. The van der Waals surface area contributed by atoms with Crippen molar-refractivity contribution >= 4 is 36.5 Å². The number of carbonyl (C=O) groups excluding carboxylic acids is 1. The van der Waals surface area contributed by atoms with E-state index in [2.05, 4.69) is 37.6 Å². The molecule has 3 rings (SSSR count). The molecule has 2 aliphatic rings. The van der Waals surface area contributed by atoms with Crippen molar-refractivity contribution in [1.29, 1.82) is 0 Å². The average molecular weight is 402 g/mol. The van der Waals surface area contributed by atoms with E-state index in [-0.39, 0.29) is 30.7 Å². The van der Waals surface area contributed by atoms with Gasteiger partial charge in [-0.05, 0) is 25.1 Å². The first kappa shape index (κ1) is 22.7. The highest BCUT2D eigenvalue weighted by atomic mass is 35.5. The second-order valence-electron chi connectivity index (χ2n) is 6.36. The predicted molar refractivity (Wildman–Crippen MR) is 111 cm³/mol. The molecule has 0 atom stereocenters. The van der Waals surface area contributed by atoms with Gasteiger partial charge in [0.2, 0.25) is 5.91 Å². The fourth-order valence-corrected chi connectivity index (χ4v) is 3.13. The lowest BCUT2D eigenvalue weighted by Crippen LogP contribution is -2.47. The lowest BCUT2D eigenvalue weighted by atomic mass is 10.1. The van der Waals surface area contributed by atoms with Crippen LogP contribution in [-0.2, 0) is 4.79 Å². The molecule has 0 bridgehead atoms. The Balaban J connectivity index is 0.00000169. The number of rotatable bonds is 6. The quantitative estimate of drug-likeness (QED) is 0.706. The van der Waals surface area contributed by atoms with Gasteiger partial charge in [-0.25, -0.2) is 4.98 Å². The molecule has 146 valence electrons. The van der Waals surface area contributed by atoms with Crippen LogP contribution < -0.4 is 15.5 Å². The van der Waals surface area contributed by atoms with Gasteiger partial charge in [-0.2, -0.15) is 0 Å². The predicted octanol–water partition coefficient (Wildman–Crippen LogP) is 1.47. The highest BCUT2D eigenvalue weighted by Crippen LogP contribution is 2.12. The van der Waals surface area contributed by atoms with Crippen molar-refractivity contribution in [3.8, 4) is 0 Å². The van der Waals surface area contributed by atoms with Crippen molar-refractivity contribution in [3.05, 3.63) is 36.0 Å². The van der Waals surface area contributed by atoms with E-state index in [9.17, 15) is 4.79 Å². The van der Waals surface area contributed by atoms with Gasteiger partial charge in [0, 0.05) is 58.4 Å². The van der Waals surface area contributed by atoms with Gasteiger partial charge >= 0.3 is 0 Å². The van der Waals surface area contributed by atoms with E-state index in [1.54, 1.807) is 0 Å². The zero-order valence-corrected chi connectivity index (χ0v) is 16.7. The van der Waals surface area contributed by atoms with Crippen LogP contribution in [0.1, 0.15) is 12.8 Å². The highest BCUT2D eigenvalue weighted by molar-refractivity contribution is 5.85. The average Bonchev–Trinajstić information content (AvgIpc) is 2.67. The molecule has 2 N–H and O–H groups in total. The number of nitrogens with one attached hydrogen (secondary N) is 2. The summed E-state index contributed by atoms with van der Waals surface area (Å²) in [5.41, 5.74) is 1.34. The van der Waals surface area contributed by atoms with E-state index in [1.807, 2.05) is 18.3 Å². The van der Waals surface area contributed by atoms with Gasteiger partial charge in [-0.1, -0.05) is 17.7 Å². The SMILES string of the molecule is Cl.Cl.O=C(CCN1CCN(c2ccccn2)CC1)NCC1=CCNCC1. The van der Waals surface area contributed by atoms with Gasteiger partial charge in [0.25, 0.3) is 0 Å². The third-order valence-electron chi connectivity index (χ3n) is 4.67. The molecule has 0 aromatic carbocycles. The summed E-state index contributed by atoms with van der Waals surface area (Å²) in [5.74, 6) is 1.20. The number of aromatic nitrogens is 1. The van der Waals surface area contributed by atoms with Crippen molar-refractivity contribution in [1.82, 2.24) is 20.5 Å². The standard InChI is InChI=1S/C18H27N5O.2ClH/c24-18(21-15-16-4-8-19-9-5-16)6-10-22-11-13-23(14-12-22)17-3-1-2-7-20-17;;/h1-4,7,19H,5-6,8-15H2,(H,21,24);2*1H. The summed E-state index contributed by atoms with van der Waals surface area (Å²) in [6.45, 7) is 7.39. The number of hydrogen-bond donors (Lipinski definition) is 2. The number of hydrogen-bond acceptors (Lipinski definition) is 5. The summed E-state index contributed by atoms with van der Waals surface area (Å²) in [6, 6.07) is 6.02. The lowest BCUT2D eigenvalue weighted by molar-refractivity contribution is -0.121. The number of carbonyl (C=O) groups is 1. The molecule has 0 saturated carbocycles. The van der Waals surface area contributed by atoms with Crippen LogP contribution in [0.25, 0.3) is 0 Å². The Labute approximate surface area is 168 Å². The number of halogens is 2. The van der Waals surface area contributed by atoms with Crippen LogP contribution in [0.4, 0.5) is 5.82 Å². The minimum atomic E-state index is 0. The Morgan fingerprint density at radius 3 is 2.65 bits per heavy atom. The van der Waals surface area contributed by atoms with Gasteiger partial charge in [0.05, 0.1) is 0 Å². The first-order valence-electron chi connectivity index (χ1n) is 8.85. The highest BCUT2D eigenvalue weighted by Gasteiger charge is 2.18. The number of piperazine rings is 1. The summed E-state index contributed by atoms with van der Waals surface area (Å²) in [6.07, 6.45) is 5.63. The zero-order valence-electron chi connectivity index (χ0n) is 15.0. The van der Waals surface area contributed by atoms with E-state index in [0.717, 1.165) is 58.1 Å². The Hall–Kier alpha value is -1.34. The summed E-state index contributed by atoms with van der Waals surface area (Å²) >= 11 is 0. The molecule has 0 unspecified atom stereocenters. The number of amides is 1. The van der Waals surface area contributed by atoms with E-state index in [4.69, 9.17) is 0 Å². The van der Waals surface area contributed by atoms with Crippen LogP contribution in [0.15, 0.2) is 36.0 Å². The number of nitrogens with zero attached hydrogens (tertiary/aromatic N) is 3. The van der Waals surface area contributed by atoms with Gasteiger partial charge in [-0.15, -0.1) is 24.8 Å². The zero-order chi connectivity index (χ0) is 16.6. The van der Waals surface area contributed by atoms with Crippen molar-refractivity contribution in [2.75, 3.05) is 57.3 Å². The molecule has 0 spiro atoms. The normalized spacial score (nSPS) is 17.5. The molecule has 3 heterocycles. The maximum absolute atomic E-state index is 12.0. The summed E-state index contributed by atoms with van der Waals surface area (Å²) in [5, 5.41) is 6.33. The number of pyridine rings is 1. The Morgan fingerprint density at radius 1 is 1.19 bits per heavy atom. The minimum Gasteiger partial charge on any atom is -0.354 e. The van der Waals surface area contributed by atoms with Crippen LogP contribution in [0.3, 0.4) is 0 Å². The monoisotopic (exact) mass is 401 g/mol. The van der Waals surface area contributed by atoms with E-state index in [0.29, 0.717) is 13.0 Å². The molecule has 1 fully saturated rings. The minimum absolute atomic E-state index is 0. The van der Waals surface area contributed by atoms with Crippen LogP contribution in [-0.4, -0.2) is 68.1 Å². The van der Waals surface area contributed by atoms with Gasteiger partial charge in [0.1, 0.15) is 5.82 Å². The van der Waals surface area contributed by atoms with Crippen molar-refractivity contribution in [2.45, 2.75) is 12.8 Å². The van der Waals surface area contributed by atoms with Crippen LogP contribution >= 0.6 is 24.8 Å². The molecular weight excluding hydrogens is 373 g/mol. The lowest BCUT2D eigenvalue weighted by Gasteiger charge is -2.35. The molecule has 1 saturated heterocycles. The van der Waals surface area contributed by atoms with E-state index < -0.39 is 0 Å². The molecule has 0 radical (unpaired) electrons. The van der Waals surface area contributed by atoms with Gasteiger partial charge in [-0.3, -0.25) is 9.69 Å². The summed E-state index contributed by atoms with van der Waals surface area (Å²) in [4.78, 5) is 21.1. The Morgan fingerprint density at radius 2 is 2.00 bits per heavy atom. The van der Waals surface area contributed by atoms with Gasteiger partial charge in [0.15, 0.2) is 0 Å². The largest absolute Gasteiger partial charge is 0.354 e. The Bertz CT molecular complexity index is 562. The third kappa shape index (κ3) is 7.11. The summed E-state index contributed by atoms with van der Waals surface area (Å²) in [7, 11) is 0. The van der Waals surface area contributed by atoms with Crippen molar-refractivity contribution in [3.63, 3.8) is 0 Å². The van der Waals surface area contributed by atoms with Gasteiger partial charge < -0.3 is 15.5 Å². The molecule has 1 aromatic heterocycles. The van der Waals surface area contributed by atoms with E-state index in [1.165, 1.54) is 5.57 Å². The fourth-order valence-electron chi connectivity index (χ4n) is 3.13. The first-order chi connectivity index (χ1) is 11.8. The molecule has 1 amide bonds. The van der Waals surface area contributed by atoms with Crippen LogP contribution in [0, 0.1) is 0 Å². The number of anilines is 1. The van der Waals surface area contributed by atoms with Crippen molar-refractivity contribution in [2.24, 2.45) is 0 Å². The van der Waals surface area contributed by atoms with Crippen molar-refractivity contribution < 1.29 is 4.79 Å². The molecular formula is C18H29Cl2N5O. The smallest absolute Gasteiger partial charge is 0.221 e. The third-order valence-corrected chi connectivity index (χ3v) is 4.67. The first-order valence-corrected chi connectivity index (χ1v) is 8.85. The van der Waals surface area contributed by atoms with E-state index >= 15 is 0 Å². The maximum Gasteiger partial charge on any atom is 0.221 e. The molecule has 2 aliphatic heterocycles. The molecule has 8 heteroatoms. The second kappa shape index (κ2) is 12.1. The fraction of sp³-hybridized carbons (Fsp3) is 0.556. The summed E-state index contributed by atoms with van der Waals surface area (Å²) < 4.78 is 0. The molecule has 26 heavy (non-hydrogen) atoms. The topological polar surface area (TPSA) is 60.5 Å². The Kier molecular flexibility index (Phi) is 10.6.